The van der Waals surface area contributed by atoms with E-state index in [1.165, 1.54) is 0 Å². The van der Waals surface area contributed by atoms with Gasteiger partial charge in [0.2, 0.25) is 5.91 Å². The molecule has 0 aromatic carbocycles. The second kappa shape index (κ2) is 5.16. The van der Waals surface area contributed by atoms with Crippen LogP contribution in [0.5, 0.6) is 0 Å². The van der Waals surface area contributed by atoms with Crippen LogP contribution in [0.4, 0.5) is 0 Å². The third-order valence-electron chi connectivity index (χ3n) is 2.31. The molecule has 1 amide bonds. The van der Waals surface area contributed by atoms with Crippen molar-refractivity contribution in [1.29, 1.82) is 0 Å². The number of hydroxylamine groups is 1. The maximum absolute atomic E-state index is 11.2. The lowest BCUT2D eigenvalue weighted by Gasteiger charge is -2.24. The zero-order chi connectivity index (χ0) is 9.68. The fourth-order valence-corrected chi connectivity index (χ4v) is 1.39. The summed E-state index contributed by atoms with van der Waals surface area (Å²) in [6, 6.07) is -0.00569. The second-order valence-corrected chi connectivity index (χ2v) is 3.20. The molecule has 0 unspecified atom stereocenters. The SMILES string of the molecule is CN[C@H](CO)C[C@@H]1CCONC1=O. The zero-order valence-electron chi connectivity index (χ0n) is 7.75. The molecule has 76 valence electrons. The van der Waals surface area contributed by atoms with E-state index < -0.39 is 0 Å². The Labute approximate surface area is 77.4 Å². The van der Waals surface area contributed by atoms with E-state index in [0.29, 0.717) is 13.0 Å². The quantitative estimate of drug-likeness (QED) is 0.530. The van der Waals surface area contributed by atoms with Gasteiger partial charge in [-0.15, -0.1) is 0 Å². The fourth-order valence-electron chi connectivity index (χ4n) is 1.39. The number of aliphatic hydroxyl groups is 1. The van der Waals surface area contributed by atoms with Gasteiger partial charge in [0.1, 0.15) is 0 Å². The molecule has 1 rings (SSSR count). The number of aliphatic hydroxyl groups excluding tert-OH is 1. The summed E-state index contributed by atoms with van der Waals surface area (Å²) >= 11 is 0. The number of hydrogen-bond donors (Lipinski definition) is 3. The van der Waals surface area contributed by atoms with Crippen molar-refractivity contribution in [2.45, 2.75) is 18.9 Å². The Morgan fingerprint density at radius 1 is 1.85 bits per heavy atom. The van der Waals surface area contributed by atoms with E-state index in [1.807, 2.05) is 0 Å². The van der Waals surface area contributed by atoms with E-state index in [9.17, 15) is 4.79 Å². The molecule has 0 aromatic rings. The standard InChI is InChI=1S/C8H16N2O3/c1-9-7(5-11)4-6-2-3-13-10-8(6)12/h6-7,9,11H,2-5H2,1H3,(H,10,12)/t6-,7-/m0/s1. The third kappa shape index (κ3) is 2.95. The van der Waals surface area contributed by atoms with Crippen LogP contribution < -0.4 is 10.8 Å². The van der Waals surface area contributed by atoms with Gasteiger partial charge in [0.15, 0.2) is 0 Å². The molecule has 5 heteroatoms. The van der Waals surface area contributed by atoms with Crippen molar-refractivity contribution in [2.24, 2.45) is 5.92 Å². The van der Waals surface area contributed by atoms with Crippen molar-refractivity contribution in [1.82, 2.24) is 10.8 Å². The molecule has 5 nitrogen and oxygen atoms in total. The van der Waals surface area contributed by atoms with Crippen LogP contribution in [0.3, 0.4) is 0 Å². The number of nitrogens with one attached hydrogen (secondary N) is 2. The summed E-state index contributed by atoms with van der Waals surface area (Å²) in [5.74, 6) is -0.127. The van der Waals surface area contributed by atoms with E-state index in [2.05, 4.69) is 10.8 Å². The summed E-state index contributed by atoms with van der Waals surface area (Å²) in [6.45, 7) is 0.611. The molecule has 0 bridgehead atoms. The Bertz CT molecular complexity index is 171. The first-order valence-corrected chi connectivity index (χ1v) is 4.47. The molecule has 3 N–H and O–H groups in total. The number of amides is 1. The first-order valence-electron chi connectivity index (χ1n) is 4.47. The van der Waals surface area contributed by atoms with Crippen LogP contribution in [0.15, 0.2) is 0 Å². The van der Waals surface area contributed by atoms with E-state index in [-0.39, 0.29) is 24.5 Å². The average Bonchev–Trinajstić information content (AvgIpc) is 2.17. The number of carbonyl (C=O) groups is 1. The second-order valence-electron chi connectivity index (χ2n) is 3.20. The molecule has 13 heavy (non-hydrogen) atoms. The molecule has 2 atom stereocenters. The minimum absolute atomic E-state index is 0.00569. The highest BCUT2D eigenvalue weighted by atomic mass is 16.7. The summed E-state index contributed by atoms with van der Waals surface area (Å²) in [6.07, 6.45) is 1.38. The highest BCUT2D eigenvalue weighted by molar-refractivity contribution is 5.78. The highest BCUT2D eigenvalue weighted by Gasteiger charge is 2.25. The molecule has 0 aromatic heterocycles. The van der Waals surface area contributed by atoms with Gasteiger partial charge >= 0.3 is 0 Å². The normalized spacial score (nSPS) is 25.4. The number of carbonyl (C=O) groups excluding carboxylic acids is 1. The number of likely N-dealkylation sites (N-methyl/N-ethyl adjacent to an activating group) is 1. The van der Waals surface area contributed by atoms with Gasteiger partial charge in [-0.3, -0.25) is 9.63 Å². The van der Waals surface area contributed by atoms with E-state index in [4.69, 9.17) is 9.94 Å². The van der Waals surface area contributed by atoms with Crippen molar-refractivity contribution in [2.75, 3.05) is 20.3 Å². The molecule has 0 aliphatic carbocycles. The molecule has 0 saturated carbocycles. The Kier molecular flexibility index (Phi) is 4.14. The molecule has 1 aliphatic rings. The van der Waals surface area contributed by atoms with Crippen LogP contribution in [-0.2, 0) is 9.63 Å². The van der Waals surface area contributed by atoms with Crippen LogP contribution in [0.2, 0.25) is 0 Å². The van der Waals surface area contributed by atoms with Crippen molar-refractivity contribution >= 4 is 5.91 Å². The molecular formula is C8H16N2O3. The third-order valence-corrected chi connectivity index (χ3v) is 2.31. The molecule has 1 fully saturated rings. The number of hydrogen-bond acceptors (Lipinski definition) is 4. The smallest absolute Gasteiger partial charge is 0.246 e. The summed E-state index contributed by atoms with van der Waals surface area (Å²) < 4.78 is 0. The minimum atomic E-state index is -0.0834. The van der Waals surface area contributed by atoms with Crippen molar-refractivity contribution < 1.29 is 14.7 Å². The fraction of sp³-hybridized carbons (Fsp3) is 0.875. The van der Waals surface area contributed by atoms with Crippen LogP contribution in [0.25, 0.3) is 0 Å². The Morgan fingerprint density at radius 2 is 2.62 bits per heavy atom. The maximum Gasteiger partial charge on any atom is 0.246 e. The van der Waals surface area contributed by atoms with Crippen LogP contribution in [0.1, 0.15) is 12.8 Å². The van der Waals surface area contributed by atoms with Gasteiger partial charge in [0.05, 0.1) is 13.2 Å². The monoisotopic (exact) mass is 188 g/mol. The van der Waals surface area contributed by atoms with E-state index >= 15 is 0 Å². The summed E-state index contributed by atoms with van der Waals surface area (Å²) in [7, 11) is 1.78. The maximum atomic E-state index is 11.2. The lowest BCUT2D eigenvalue weighted by molar-refractivity contribution is -0.146. The van der Waals surface area contributed by atoms with Gasteiger partial charge in [0, 0.05) is 12.0 Å². The Balaban J connectivity index is 2.36. The average molecular weight is 188 g/mol. The molecule has 0 radical (unpaired) electrons. The summed E-state index contributed by atoms with van der Waals surface area (Å²) in [5, 5.41) is 11.9. The van der Waals surface area contributed by atoms with Gasteiger partial charge in [-0.05, 0) is 19.9 Å². The predicted molar refractivity (Wildman–Crippen MR) is 46.8 cm³/mol. The van der Waals surface area contributed by atoms with Gasteiger partial charge < -0.3 is 10.4 Å². The minimum Gasteiger partial charge on any atom is -0.395 e. The first kappa shape index (κ1) is 10.4. The van der Waals surface area contributed by atoms with Crippen molar-refractivity contribution in [3.05, 3.63) is 0 Å². The Hall–Kier alpha value is -0.650. The predicted octanol–water partition coefficient (Wildman–Crippen LogP) is -0.976. The molecule has 1 saturated heterocycles. The van der Waals surface area contributed by atoms with Crippen LogP contribution in [0, 0.1) is 5.92 Å². The molecule has 1 heterocycles. The van der Waals surface area contributed by atoms with Gasteiger partial charge in [0.25, 0.3) is 0 Å². The van der Waals surface area contributed by atoms with Gasteiger partial charge in [-0.1, -0.05) is 0 Å². The lowest BCUT2D eigenvalue weighted by Crippen LogP contribution is -2.41. The lowest BCUT2D eigenvalue weighted by atomic mass is 9.96. The largest absolute Gasteiger partial charge is 0.395 e. The summed E-state index contributed by atoms with van der Waals surface area (Å²) in [4.78, 5) is 16.0. The Morgan fingerprint density at radius 3 is 3.15 bits per heavy atom. The number of rotatable bonds is 4. The first-order chi connectivity index (χ1) is 6.27. The zero-order valence-corrected chi connectivity index (χ0v) is 7.75. The van der Waals surface area contributed by atoms with Gasteiger partial charge in [-0.25, -0.2) is 5.48 Å². The summed E-state index contributed by atoms with van der Waals surface area (Å²) in [5.41, 5.74) is 2.34. The van der Waals surface area contributed by atoms with E-state index in [0.717, 1.165) is 6.42 Å². The topological polar surface area (TPSA) is 70.6 Å². The van der Waals surface area contributed by atoms with Crippen molar-refractivity contribution in [3.63, 3.8) is 0 Å². The molecule has 1 aliphatic heterocycles. The van der Waals surface area contributed by atoms with Crippen LogP contribution >= 0.6 is 0 Å². The van der Waals surface area contributed by atoms with Crippen molar-refractivity contribution in [3.8, 4) is 0 Å². The van der Waals surface area contributed by atoms with Crippen LogP contribution in [-0.4, -0.2) is 37.3 Å². The molecule has 0 spiro atoms. The highest BCUT2D eigenvalue weighted by Crippen LogP contribution is 2.14. The van der Waals surface area contributed by atoms with Gasteiger partial charge in [-0.2, -0.15) is 0 Å². The van der Waals surface area contributed by atoms with E-state index in [1.54, 1.807) is 7.05 Å². The molecular weight excluding hydrogens is 172 g/mol.